The van der Waals surface area contributed by atoms with Gasteiger partial charge in [0.25, 0.3) is 0 Å². The first-order chi connectivity index (χ1) is 25.0. The van der Waals surface area contributed by atoms with Gasteiger partial charge in [0.05, 0.1) is 0 Å². The van der Waals surface area contributed by atoms with Crippen LogP contribution in [0.3, 0.4) is 0 Å². The van der Waals surface area contributed by atoms with Crippen LogP contribution in [0.5, 0.6) is 0 Å². The maximum Gasteiger partial charge on any atom is 0.0468 e. The van der Waals surface area contributed by atoms with E-state index in [4.69, 9.17) is 0 Å². The molecule has 242 valence electrons. The molecule has 2 heteroatoms. The summed E-state index contributed by atoms with van der Waals surface area (Å²) in [6.45, 7) is 4.69. The minimum absolute atomic E-state index is 0.0399. The van der Waals surface area contributed by atoms with Gasteiger partial charge < -0.3 is 4.90 Å². The van der Waals surface area contributed by atoms with Crippen molar-refractivity contribution in [3.63, 3.8) is 0 Å². The average molecular weight is 670 g/mol. The van der Waals surface area contributed by atoms with E-state index in [2.05, 4.69) is 195 Å². The Morgan fingerprint density at radius 1 is 0.392 bits per heavy atom. The summed E-state index contributed by atoms with van der Waals surface area (Å²) < 4.78 is 2.69. The van der Waals surface area contributed by atoms with E-state index in [0.717, 1.165) is 17.1 Å². The van der Waals surface area contributed by atoms with E-state index in [1.807, 2.05) is 11.3 Å². The molecule has 0 saturated heterocycles. The molecule has 0 aliphatic heterocycles. The lowest BCUT2D eigenvalue weighted by molar-refractivity contribution is 0.660. The Hall–Kier alpha value is -5.96. The number of anilines is 3. The fourth-order valence-corrected chi connectivity index (χ4v) is 9.55. The standard InChI is InChI=1S/C49H35NS/c1-49(2)45-21-10-8-18-39(45)43-30-37(27-28-46(43)49)50(36-16-12-15-34(29-36)32-13-4-3-5-14-32)35-25-23-33(24-26-35)42-31-44-40-19-9-11-22-47(40)51-48(44)41-20-7-6-17-38(41)42/h3-31H,1-2H3. The largest absolute Gasteiger partial charge is 0.310 e. The van der Waals surface area contributed by atoms with Crippen LogP contribution >= 0.6 is 11.3 Å². The van der Waals surface area contributed by atoms with E-state index in [-0.39, 0.29) is 5.41 Å². The van der Waals surface area contributed by atoms with E-state index in [1.54, 1.807) is 0 Å². The van der Waals surface area contributed by atoms with Crippen LogP contribution in [0, 0.1) is 0 Å². The number of hydrogen-bond acceptors (Lipinski definition) is 2. The molecule has 0 amide bonds. The molecule has 0 atom stereocenters. The molecule has 51 heavy (non-hydrogen) atoms. The zero-order chi connectivity index (χ0) is 34.1. The van der Waals surface area contributed by atoms with Crippen molar-refractivity contribution in [1.29, 1.82) is 0 Å². The first-order valence-electron chi connectivity index (χ1n) is 17.7. The molecule has 1 nitrogen and oxygen atoms in total. The van der Waals surface area contributed by atoms with Crippen LogP contribution in [0.15, 0.2) is 176 Å². The summed E-state index contributed by atoms with van der Waals surface area (Å²) >= 11 is 1.89. The monoisotopic (exact) mass is 669 g/mol. The molecule has 1 heterocycles. The molecule has 1 aromatic heterocycles. The normalized spacial score (nSPS) is 13.1. The van der Waals surface area contributed by atoms with Crippen molar-refractivity contribution in [3.05, 3.63) is 187 Å². The molecule has 1 aliphatic carbocycles. The van der Waals surface area contributed by atoms with Crippen molar-refractivity contribution >= 4 is 59.3 Å². The molecular weight excluding hydrogens is 635 g/mol. The van der Waals surface area contributed by atoms with Crippen molar-refractivity contribution in [3.8, 4) is 33.4 Å². The second-order valence-electron chi connectivity index (χ2n) is 14.1. The van der Waals surface area contributed by atoms with Crippen LogP contribution in [-0.2, 0) is 5.41 Å². The number of hydrogen-bond donors (Lipinski definition) is 0. The summed E-state index contributed by atoms with van der Waals surface area (Å²) in [5.74, 6) is 0. The highest BCUT2D eigenvalue weighted by molar-refractivity contribution is 7.26. The molecule has 8 aromatic carbocycles. The van der Waals surface area contributed by atoms with Crippen molar-refractivity contribution in [1.82, 2.24) is 0 Å². The van der Waals surface area contributed by atoms with E-state index < -0.39 is 0 Å². The molecule has 9 aromatic rings. The smallest absolute Gasteiger partial charge is 0.0468 e. The van der Waals surface area contributed by atoms with E-state index in [9.17, 15) is 0 Å². The van der Waals surface area contributed by atoms with Crippen LogP contribution in [0.4, 0.5) is 17.1 Å². The van der Waals surface area contributed by atoms with E-state index in [0.29, 0.717) is 0 Å². The van der Waals surface area contributed by atoms with Gasteiger partial charge in [-0.15, -0.1) is 11.3 Å². The molecule has 0 fully saturated rings. The number of rotatable bonds is 5. The topological polar surface area (TPSA) is 3.24 Å². The van der Waals surface area contributed by atoms with Gasteiger partial charge in [0.2, 0.25) is 0 Å². The van der Waals surface area contributed by atoms with Crippen LogP contribution in [-0.4, -0.2) is 0 Å². The van der Waals surface area contributed by atoms with Gasteiger partial charge in [-0.3, -0.25) is 0 Å². The molecule has 0 spiro atoms. The summed E-state index contributed by atoms with van der Waals surface area (Å²) in [7, 11) is 0. The second kappa shape index (κ2) is 11.6. The minimum atomic E-state index is -0.0399. The Kier molecular flexibility index (Phi) is 6.78. The Balaban J connectivity index is 1.14. The number of thiophene rings is 1. The van der Waals surface area contributed by atoms with Crippen LogP contribution in [0.25, 0.3) is 64.3 Å². The lowest BCUT2D eigenvalue weighted by Gasteiger charge is -2.28. The predicted molar refractivity (Wildman–Crippen MR) is 220 cm³/mol. The SMILES string of the molecule is CC1(C)c2ccccc2-c2cc(N(c3ccc(-c4cc5c6ccccc6sc5c5ccccc45)cc3)c3cccc(-c4ccccc4)c3)ccc21. The van der Waals surface area contributed by atoms with Crippen molar-refractivity contribution in [2.75, 3.05) is 4.90 Å². The average Bonchev–Trinajstić information content (AvgIpc) is 3.67. The predicted octanol–water partition coefficient (Wildman–Crippen LogP) is 14.3. The zero-order valence-electron chi connectivity index (χ0n) is 28.6. The molecular formula is C49H35NS. The van der Waals surface area contributed by atoms with Gasteiger partial charge in [-0.1, -0.05) is 141 Å². The molecule has 1 aliphatic rings. The quantitative estimate of drug-likeness (QED) is 0.176. The highest BCUT2D eigenvalue weighted by Gasteiger charge is 2.35. The summed E-state index contributed by atoms with van der Waals surface area (Å²) in [4.78, 5) is 2.41. The minimum Gasteiger partial charge on any atom is -0.310 e. The third-order valence-electron chi connectivity index (χ3n) is 10.9. The summed E-state index contributed by atoms with van der Waals surface area (Å²) in [5, 5.41) is 5.26. The number of benzene rings is 8. The Labute approximate surface area is 302 Å². The van der Waals surface area contributed by atoms with Gasteiger partial charge in [-0.25, -0.2) is 0 Å². The molecule has 0 bridgehead atoms. The molecule has 0 radical (unpaired) electrons. The number of nitrogens with zero attached hydrogens (tertiary/aromatic N) is 1. The summed E-state index contributed by atoms with van der Waals surface area (Å²) in [6, 6.07) is 64.8. The fraction of sp³-hybridized carbons (Fsp3) is 0.0612. The fourth-order valence-electron chi connectivity index (χ4n) is 8.33. The zero-order valence-corrected chi connectivity index (χ0v) is 29.4. The van der Waals surface area contributed by atoms with Gasteiger partial charge in [0.15, 0.2) is 0 Å². The highest BCUT2D eigenvalue weighted by atomic mass is 32.1. The Morgan fingerprint density at radius 3 is 1.88 bits per heavy atom. The maximum atomic E-state index is 2.41. The lowest BCUT2D eigenvalue weighted by Crippen LogP contribution is -2.15. The van der Waals surface area contributed by atoms with Gasteiger partial charge in [-0.05, 0) is 98.4 Å². The van der Waals surface area contributed by atoms with Crippen LogP contribution < -0.4 is 4.90 Å². The maximum absolute atomic E-state index is 2.41. The molecule has 0 saturated carbocycles. The van der Waals surface area contributed by atoms with Gasteiger partial charge in [-0.2, -0.15) is 0 Å². The molecule has 0 N–H and O–H groups in total. The van der Waals surface area contributed by atoms with Gasteiger partial charge >= 0.3 is 0 Å². The third-order valence-corrected chi connectivity index (χ3v) is 12.1. The van der Waals surface area contributed by atoms with Crippen molar-refractivity contribution < 1.29 is 0 Å². The lowest BCUT2D eigenvalue weighted by atomic mass is 9.82. The first kappa shape index (κ1) is 29.9. The van der Waals surface area contributed by atoms with Gasteiger partial charge in [0, 0.05) is 48.0 Å². The van der Waals surface area contributed by atoms with Crippen molar-refractivity contribution in [2.45, 2.75) is 19.3 Å². The summed E-state index contributed by atoms with van der Waals surface area (Å²) in [6.07, 6.45) is 0. The van der Waals surface area contributed by atoms with Gasteiger partial charge in [0.1, 0.15) is 0 Å². The van der Waals surface area contributed by atoms with E-state index >= 15 is 0 Å². The second-order valence-corrected chi connectivity index (χ2v) is 15.2. The highest BCUT2D eigenvalue weighted by Crippen LogP contribution is 2.51. The van der Waals surface area contributed by atoms with Crippen LogP contribution in [0.2, 0.25) is 0 Å². The summed E-state index contributed by atoms with van der Waals surface area (Å²) in [5.41, 5.74) is 13.7. The molecule has 0 unspecified atom stereocenters. The van der Waals surface area contributed by atoms with Crippen LogP contribution in [0.1, 0.15) is 25.0 Å². The third kappa shape index (κ3) is 4.75. The Morgan fingerprint density at radius 2 is 1.04 bits per heavy atom. The number of fused-ring (bicyclic) bond motifs is 8. The Bertz CT molecular complexity index is 2770. The van der Waals surface area contributed by atoms with E-state index in [1.165, 1.54) is 75.5 Å². The van der Waals surface area contributed by atoms with Crippen molar-refractivity contribution in [2.24, 2.45) is 0 Å². The molecule has 10 rings (SSSR count). The first-order valence-corrected chi connectivity index (χ1v) is 18.5.